The van der Waals surface area contributed by atoms with Crippen molar-refractivity contribution >= 4 is 5.91 Å². The Kier molecular flexibility index (Phi) is 4.99. The molecule has 7 heteroatoms. The number of hydrogen-bond donors (Lipinski definition) is 1. The van der Waals surface area contributed by atoms with Crippen LogP contribution in [0.4, 0.5) is 0 Å². The van der Waals surface area contributed by atoms with E-state index in [1.54, 1.807) is 16.7 Å². The Morgan fingerprint density at radius 2 is 2.04 bits per heavy atom. The van der Waals surface area contributed by atoms with Crippen LogP contribution in [0.5, 0.6) is 0 Å². The average molecular weight is 385 g/mol. The summed E-state index contributed by atoms with van der Waals surface area (Å²) < 4.78 is 12.8. The molecule has 1 fully saturated rings. The Morgan fingerprint density at radius 1 is 1.32 bits per heavy atom. The van der Waals surface area contributed by atoms with E-state index in [4.69, 9.17) is 9.47 Å². The second-order valence-corrected chi connectivity index (χ2v) is 7.78. The van der Waals surface area contributed by atoms with Gasteiger partial charge in [0.15, 0.2) is 0 Å². The summed E-state index contributed by atoms with van der Waals surface area (Å²) in [7, 11) is 1.63. The number of nitrogens with zero attached hydrogens (tertiary/aromatic N) is 3. The molecule has 150 valence electrons. The number of hydrogen-bond acceptors (Lipinski definition) is 5. The van der Waals surface area contributed by atoms with Crippen LogP contribution in [0, 0.1) is 0 Å². The van der Waals surface area contributed by atoms with Crippen LogP contribution in [0.3, 0.4) is 0 Å². The highest BCUT2D eigenvalue weighted by Gasteiger charge is 2.46. The molecule has 1 amide bonds. The highest BCUT2D eigenvalue weighted by atomic mass is 16.5. The zero-order valence-electron chi connectivity index (χ0n) is 16.6. The van der Waals surface area contributed by atoms with Crippen LogP contribution >= 0.6 is 0 Å². The monoisotopic (exact) mass is 385 g/mol. The molecule has 1 aromatic carbocycles. The maximum atomic E-state index is 13.3. The lowest BCUT2D eigenvalue weighted by molar-refractivity contribution is -0.0868. The fraction of sp³-hybridized carbons (Fsp3) is 0.524. The van der Waals surface area contributed by atoms with E-state index in [-0.39, 0.29) is 31.2 Å². The first-order chi connectivity index (χ1) is 13.4. The van der Waals surface area contributed by atoms with Gasteiger partial charge < -0.3 is 19.5 Å². The molecule has 2 aromatic rings. The van der Waals surface area contributed by atoms with Gasteiger partial charge in [-0.3, -0.25) is 9.48 Å². The first kappa shape index (κ1) is 19.1. The zero-order valence-corrected chi connectivity index (χ0v) is 16.6. The molecule has 0 unspecified atom stereocenters. The maximum Gasteiger partial charge on any atom is 0.272 e. The van der Waals surface area contributed by atoms with Gasteiger partial charge in [-0.2, -0.15) is 5.10 Å². The second kappa shape index (κ2) is 7.31. The number of amides is 1. The SMILES string of the molecule is COCCn1nc2c(c1C(=O)N1CC(O)(c3ccccc3)C1)C[C@H](C)O[C@@H]2C. The van der Waals surface area contributed by atoms with Gasteiger partial charge in [-0.05, 0) is 19.4 Å². The molecule has 28 heavy (non-hydrogen) atoms. The molecule has 1 aromatic heterocycles. The number of β-amino-alcohol motifs (C(OH)–C–C–N with tert-alkyl or cyclic N) is 1. The summed E-state index contributed by atoms with van der Waals surface area (Å²) in [5.74, 6) is -0.0910. The van der Waals surface area contributed by atoms with Crippen molar-refractivity contribution in [2.75, 3.05) is 26.8 Å². The predicted molar refractivity (Wildman–Crippen MR) is 103 cm³/mol. The van der Waals surface area contributed by atoms with Crippen LogP contribution < -0.4 is 0 Å². The predicted octanol–water partition coefficient (Wildman–Crippen LogP) is 1.90. The Balaban J connectivity index is 1.61. The molecule has 1 N–H and O–H groups in total. The van der Waals surface area contributed by atoms with Crippen molar-refractivity contribution < 1.29 is 19.4 Å². The summed E-state index contributed by atoms with van der Waals surface area (Å²) in [5.41, 5.74) is 2.24. The third-order valence-electron chi connectivity index (χ3n) is 5.61. The Morgan fingerprint density at radius 3 is 2.71 bits per heavy atom. The third kappa shape index (κ3) is 3.23. The second-order valence-electron chi connectivity index (χ2n) is 7.78. The van der Waals surface area contributed by atoms with Gasteiger partial charge in [0.05, 0.1) is 44.1 Å². The van der Waals surface area contributed by atoms with Crippen molar-refractivity contribution in [3.05, 3.63) is 52.8 Å². The van der Waals surface area contributed by atoms with Crippen molar-refractivity contribution in [3.8, 4) is 0 Å². The molecule has 1 saturated heterocycles. The largest absolute Gasteiger partial charge is 0.383 e. The van der Waals surface area contributed by atoms with Crippen LogP contribution in [0.1, 0.15) is 47.3 Å². The summed E-state index contributed by atoms with van der Waals surface area (Å²) in [5, 5.41) is 15.5. The van der Waals surface area contributed by atoms with E-state index in [1.807, 2.05) is 44.2 Å². The molecule has 2 aliphatic rings. The van der Waals surface area contributed by atoms with Gasteiger partial charge in [-0.25, -0.2) is 0 Å². The maximum absolute atomic E-state index is 13.3. The van der Waals surface area contributed by atoms with Gasteiger partial charge in [0, 0.05) is 19.1 Å². The number of fused-ring (bicyclic) bond motifs is 1. The summed E-state index contributed by atoms with van der Waals surface area (Å²) in [6.45, 7) is 5.51. The van der Waals surface area contributed by atoms with E-state index < -0.39 is 5.60 Å². The molecule has 0 saturated carbocycles. The molecule has 0 aliphatic carbocycles. The van der Waals surface area contributed by atoms with Crippen LogP contribution in [0.15, 0.2) is 30.3 Å². The number of benzene rings is 1. The average Bonchev–Trinajstić information content (AvgIpc) is 3.02. The number of carbonyl (C=O) groups excluding carboxylic acids is 1. The molecule has 4 rings (SSSR count). The molecule has 3 heterocycles. The van der Waals surface area contributed by atoms with E-state index in [0.717, 1.165) is 16.8 Å². The minimum atomic E-state index is -0.988. The number of aliphatic hydroxyl groups is 1. The summed E-state index contributed by atoms with van der Waals surface area (Å²) in [6, 6.07) is 9.51. The van der Waals surface area contributed by atoms with Crippen LogP contribution in [0.25, 0.3) is 0 Å². The number of ether oxygens (including phenoxy) is 2. The van der Waals surface area contributed by atoms with Gasteiger partial charge in [0.25, 0.3) is 5.91 Å². The minimum Gasteiger partial charge on any atom is -0.383 e. The van der Waals surface area contributed by atoms with Crippen molar-refractivity contribution in [1.82, 2.24) is 14.7 Å². The minimum absolute atomic E-state index is 0.0340. The van der Waals surface area contributed by atoms with Crippen LogP contribution in [-0.4, -0.2) is 58.6 Å². The molecule has 2 aliphatic heterocycles. The van der Waals surface area contributed by atoms with Crippen molar-refractivity contribution in [3.63, 3.8) is 0 Å². The summed E-state index contributed by atoms with van der Waals surface area (Å²) in [4.78, 5) is 15.0. The number of methoxy groups -OCH3 is 1. The van der Waals surface area contributed by atoms with E-state index >= 15 is 0 Å². The molecule has 7 nitrogen and oxygen atoms in total. The van der Waals surface area contributed by atoms with E-state index in [1.165, 1.54) is 0 Å². The lowest BCUT2D eigenvalue weighted by Gasteiger charge is -2.46. The number of rotatable bonds is 5. The van der Waals surface area contributed by atoms with Crippen molar-refractivity contribution in [1.29, 1.82) is 0 Å². The fourth-order valence-corrected chi connectivity index (χ4v) is 4.18. The van der Waals surface area contributed by atoms with E-state index in [9.17, 15) is 9.90 Å². The van der Waals surface area contributed by atoms with Crippen LogP contribution in [0.2, 0.25) is 0 Å². The Bertz CT molecular complexity index is 858. The lowest BCUT2D eigenvalue weighted by atomic mass is 9.85. The number of likely N-dealkylation sites (tertiary alicyclic amines) is 1. The highest BCUT2D eigenvalue weighted by Crippen LogP contribution is 2.36. The van der Waals surface area contributed by atoms with Crippen LogP contribution in [-0.2, 0) is 28.0 Å². The van der Waals surface area contributed by atoms with Gasteiger partial charge in [-0.1, -0.05) is 30.3 Å². The number of carbonyl (C=O) groups is 1. The lowest BCUT2D eigenvalue weighted by Crippen LogP contribution is -2.61. The normalized spacial score (nSPS) is 23.2. The zero-order chi connectivity index (χ0) is 19.9. The van der Waals surface area contributed by atoms with E-state index in [2.05, 4.69) is 5.10 Å². The molecule has 0 radical (unpaired) electrons. The third-order valence-corrected chi connectivity index (χ3v) is 5.61. The molecule has 0 bridgehead atoms. The highest BCUT2D eigenvalue weighted by molar-refractivity contribution is 5.95. The first-order valence-corrected chi connectivity index (χ1v) is 9.74. The smallest absolute Gasteiger partial charge is 0.272 e. The molecular formula is C21H27N3O4. The fourth-order valence-electron chi connectivity index (χ4n) is 4.18. The van der Waals surface area contributed by atoms with Gasteiger partial charge >= 0.3 is 0 Å². The number of aromatic nitrogens is 2. The van der Waals surface area contributed by atoms with E-state index in [0.29, 0.717) is 25.3 Å². The van der Waals surface area contributed by atoms with Crippen molar-refractivity contribution in [2.24, 2.45) is 0 Å². The summed E-state index contributed by atoms with van der Waals surface area (Å²) >= 11 is 0. The Labute approximate surface area is 164 Å². The standard InChI is InChI=1S/C21H27N3O4/c1-14-11-17-18(15(2)28-14)22-24(9-10-27-3)19(17)20(25)23-12-21(26,13-23)16-7-5-4-6-8-16/h4-8,14-15,26H,9-13H2,1-3H3/t14-,15+/m0/s1. The quantitative estimate of drug-likeness (QED) is 0.851. The first-order valence-electron chi connectivity index (χ1n) is 9.74. The van der Waals surface area contributed by atoms with Gasteiger partial charge in [0.2, 0.25) is 0 Å². The summed E-state index contributed by atoms with van der Waals surface area (Å²) in [6.07, 6.45) is 0.545. The van der Waals surface area contributed by atoms with Gasteiger partial charge in [-0.15, -0.1) is 0 Å². The molecule has 0 spiro atoms. The molecular weight excluding hydrogens is 358 g/mol. The van der Waals surface area contributed by atoms with Crippen molar-refractivity contribution in [2.45, 2.75) is 44.6 Å². The topological polar surface area (TPSA) is 76.8 Å². The van der Waals surface area contributed by atoms with Gasteiger partial charge in [0.1, 0.15) is 11.3 Å². The molecule has 2 atom stereocenters. The Hall–Kier alpha value is -2.22.